The molecule has 1 saturated heterocycles. The van der Waals surface area contributed by atoms with Crippen LogP contribution in [0.4, 0.5) is 5.82 Å². The normalized spacial score (nSPS) is 25.8. The summed E-state index contributed by atoms with van der Waals surface area (Å²) in [6.45, 7) is 3.37. The molecule has 88 valence electrons. The number of rotatable bonds is 1. The van der Waals surface area contributed by atoms with Crippen LogP contribution < -0.4 is 10.5 Å². The smallest absolute Gasteiger partial charge is 0.293 e. The van der Waals surface area contributed by atoms with Crippen molar-refractivity contribution in [3.8, 4) is 0 Å². The highest BCUT2D eigenvalue weighted by atomic mass is 16.3. The zero-order valence-electron chi connectivity index (χ0n) is 9.63. The van der Waals surface area contributed by atoms with Crippen molar-refractivity contribution in [3.05, 3.63) is 22.7 Å². The van der Waals surface area contributed by atoms with Crippen LogP contribution >= 0.6 is 0 Å². The fourth-order valence-electron chi connectivity index (χ4n) is 2.03. The van der Waals surface area contributed by atoms with Crippen LogP contribution in [0.5, 0.6) is 0 Å². The molecule has 2 rings (SSSR count). The maximum Gasteiger partial charge on any atom is 0.293 e. The van der Waals surface area contributed by atoms with Crippen LogP contribution in [-0.2, 0) is 7.05 Å². The molecule has 0 aromatic carbocycles. The Bertz CT molecular complexity index is 429. The molecule has 5 heteroatoms. The summed E-state index contributed by atoms with van der Waals surface area (Å²) in [5.41, 5.74) is -0.0777. The van der Waals surface area contributed by atoms with Gasteiger partial charge in [-0.3, -0.25) is 4.79 Å². The summed E-state index contributed by atoms with van der Waals surface area (Å²) in [6.07, 6.45) is 3.71. The molecule has 0 spiro atoms. The summed E-state index contributed by atoms with van der Waals surface area (Å²) in [5, 5.41) is 9.64. The van der Waals surface area contributed by atoms with Crippen molar-refractivity contribution < 1.29 is 5.11 Å². The van der Waals surface area contributed by atoms with Gasteiger partial charge >= 0.3 is 0 Å². The maximum atomic E-state index is 11.9. The van der Waals surface area contributed by atoms with E-state index in [1.807, 2.05) is 11.8 Å². The Balaban J connectivity index is 2.25. The lowest BCUT2D eigenvalue weighted by molar-refractivity contribution is 0.0968. The first-order chi connectivity index (χ1) is 7.59. The van der Waals surface area contributed by atoms with E-state index in [-0.39, 0.29) is 17.6 Å². The van der Waals surface area contributed by atoms with Crippen LogP contribution in [0.25, 0.3) is 0 Å². The molecule has 0 saturated carbocycles. The van der Waals surface area contributed by atoms with E-state index in [1.165, 1.54) is 4.57 Å². The molecule has 0 bridgehead atoms. The Kier molecular flexibility index (Phi) is 2.96. The van der Waals surface area contributed by atoms with Crippen molar-refractivity contribution in [2.45, 2.75) is 19.4 Å². The number of aryl methyl sites for hydroxylation is 1. The SMILES string of the molecule is CC1CN(c2nccn(C)c2=O)CCC1O. The first-order valence-electron chi connectivity index (χ1n) is 5.54. The Morgan fingerprint density at radius 3 is 3.00 bits per heavy atom. The van der Waals surface area contributed by atoms with E-state index in [1.54, 1.807) is 19.4 Å². The van der Waals surface area contributed by atoms with Gasteiger partial charge in [0, 0.05) is 32.5 Å². The van der Waals surface area contributed by atoms with Gasteiger partial charge in [0.15, 0.2) is 5.82 Å². The van der Waals surface area contributed by atoms with Crippen molar-refractivity contribution in [2.24, 2.45) is 13.0 Å². The van der Waals surface area contributed by atoms with Crippen molar-refractivity contribution in [2.75, 3.05) is 18.0 Å². The minimum absolute atomic E-state index is 0.0777. The summed E-state index contributed by atoms with van der Waals surface area (Å²) in [6, 6.07) is 0. The van der Waals surface area contributed by atoms with E-state index >= 15 is 0 Å². The van der Waals surface area contributed by atoms with Gasteiger partial charge in [0.25, 0.3) is 5.56 Å². The predicted octanol–water partition coefficient (Wildman–Crippen LogP) is -0.0126. The topological polar surface area (TPSA) is 58.4 Å². The lowest BCUT2D eigenvalue weighted by atomic mass is 9.97. The molecular weight excluding hydrogens is 206 g/mol. The van der Waals surface area contributed by atoms with Gasteiger partial charge in [0.05, 0.1) is 6.10 Å². The Morgan fingerprint density at radius 2 is 2.31 bits per heavy atom. The van der Waals surface area contributed by atoms with Crippen molar-refractivity contribution in [1.82, 2.24) is 9.55 Å². The first-order valence-corrected chi connectivity index (χ1v) is 5.54. The molecule has 2 atom stereocenters. The third-order valence-electron chi connectivity index (χ3n) is 3.16. The van der Waals surface area contributed by atoms with Gasteiger partial charge in [-0.05, 0) is 12.3 Å². The Labute approximate surface area is 94.3 Å². The molecule has 0 radical (unpaired) electrons. The Morgan fingerprint density at radius 1 is 1.56 bits per heavy atom. The molecule has 5 nitrogen and oxygen atoms in total. The van der Waals surface area contributed by atoms with E-state index in [0.717, 1.165) is 0 Å². The van der Waals surface area contributed by atoms with Crippen LogP contribution in [0.3, 0.4) is 0 Å². The number of aromatic nitrogens is 2. The fourth-order valence-corrected chi connectivity index (χ4v) is 2.03. The van der Waals surface area contributed by atoms with Gasteiger partial charge in [-0.15, -0.1) is 0 Å². The third-order valence-corrected chi connectivity index (χ3v) is 3.16. The molecule has 1 aliphatic heterocycles. The minimum Gasteiger partial charge on any atom is -0.393 e. The summed E-state index contributed by atoms with van der Waals surface area (Å²) in [7, 11) is 1.72. The monoisotopic (exact) mass is 223 g/mol. The quantitative estimate of drug-likeness (QED) is 0.727. The number of hydrogen-bond acceptors (Lipinski definition) is 4. The molecular formula is C11H17N3O2. The Hall–Kier alpha value is -1.36. The van der Waals surface area contributed by atoms with Crippen LogP contribution in [0, 0.1) is 5.92 Å². The van der Waals surface area contributed by atoms with E-state index in [2.05, 4.69) is 4.98 Å². The summed E-state index contributed by atoms with van der Waals surface area (Å²) in [5.74, 6) is 0.671. The summed E-state index contributed by atoms with van der Waals surface area (Å²) < 4.78 is 1.53. The lowest BCUT2D eigenvalue weighted by Crippen LogP contribution is -2.44. The van der Waals surface area contributed by atoms with E-state index in [0.29, 0.717) is 25.3 Å². The van der Waals surface area contributed by atoms with Crippen molar-refractivity contribution in [3.63, 3.8) is 0 Å². The van der Waals surface area contributed by atoms with Gasteiger partial charge in [0.1, 0.15) is 0 Å². The molecule has 2 unspecified atom stereocenters. The van der Waals surface area contributed by atoms with E-state index < -0.39 is 0 Å². The lowest BCUT2D eigenvalue weighted by Gasteiger charge is -2.34. The molecule has 1 N–H and O–H groups in total. The second-order valence-corrected chi connectivity index (χ2v) is 4.45. The molecule has 1 fully saturated rings. The van der Waals surface area contributed by atoms with Gasteiger partial charge in [0.2, 0.25) is 0 Å². The molecule has 1 aliphatic rings. The highest BCUT2D eigenvalue weighted by Gasteiger charge is 2.26. The highest BCUT2D eigenvalue weighted by molar-refractivity contribution is 5.36. The van der Waals surface area contributed by atoms with E-state index in [9.17, 15) is 9.90 Å². The second kappa shape index (κ2) is 4.25. The van der Waals surface area contributed by atoms with Gasteiger partial charge in [-0.1, -0.05) is 6.92 Å². The number of aliphatic hydroxyl groups is 1. The fraction of sp³-hybridized carbons (Fsp3) is 0.636. The van der Waals surface area contributed by atoms with Crippen LogP contribution in [0.2, 0.25) is 0 Å². The largest absolute Gasteiger partial charge is 0.393 e. The zero-order valence-corrected chi connectivity index (χ0v) is 9.63. The average Bonchev–Trinajstić information content (AvgIpc) is 2.26. The number of aliphatic hydroxyl groups excluding tert-OH is 1. The number of piperidine rings is 1. The molecule has 1 aromatic rings. The van der Waals surface area contributed by atoms with Crippen molar-refractivity contribution >= 4 is 5.82 Å². The summed E-state index contributed by atoms with van der Waals surface area (Å²) in [4.78, 5) is 17.9. The molecule has 0 amide bonds. The second-order valence-electron chi connectivity index (χ2n) is 4.45. The van der Waals surface area contributed by atoms with Crippen LogP contribution in [-0.4, -0.2) is 33.9 Å². The number of hydrogen-bond donors (Lipinski definition) is 1. The van der Waals surface area contributed by atoms with Crippen LogP contribution in [0.15, 0.2) is 17.2 Å². The molecule has 16 heavy (non-hydrogen) atoms. The number of nitrogens with zero attached hydrogens (tertiary/aromatic N) is 3. The van der Waals surface area contributed by atoms with Gasteiger partial charge < -0.3 is 14.6 Å². The third kappa shape index (κ3) is 1.95. The van der Waals surface area contributed by atoms with E-state index in [4.69, 9.17) is 0 Å². The zero-order chi connectivity index (χ0) is 11.7. The van der Waals surface area contributed by atoms with Crippen molar-refractivity contribution in [1.29, 1.82) is 0 Å². The first kappa shape index (κ1) is 11.1. The van der Waals surface area contributed by atoms with Gasteiger partial charge in [-0.25, -0.2) is 4.98 Å². The predicted molar refractivity (Wildman–Crippen MR) is 61.5 cm³/mol. The summed E-state index contributed by atoms with van der Waals surface area (Å²) >= 11 is 0. The van der Waals surface area contributed by atoms with Crippen LogP contribution in [0.1, 0.15) is 13.3 Å². The standard InChI is InChI=1S/C11H17N3O2/c1-8-7-14(5-3-9(8)15)10-11(16)13(2)6-4-12-10/h4,6,8-9,15H,3,5,7H2,1-2H3. The highest BCUT2D eigenvalue weighted by Crippen LogP contribution is 2.19. The molecule has 2 heterocycles. The maximum absolute atomic E-state index is 11.9. The average molecular weight is 223 g/mol. The molecule has 0 aliphatic carbocycles. The number of anilines is 1. The molecule has 1 aromatic heterocycles. The minimum atomic E-state index is -0.260. The van der Waals surface area contributed by atoms with Gasteiger partial charge in [-0.2, -0.15) is 0 Å².